The van der Waals surface area contributed by atoms with E-state index in [4.69, 9.17) is 5.11 Å². The van der Waals surface area contributed by atoms with Crippen LogP contribution in [0.1, 0.15) is 35.2 Å². The van der Waals surface area contributed by atoms with Crippen molar-refractivity contribution in [2.75, 3.05) is 0 Å². The van der Waals surface area contributed by atoms with Crippen molar-refractivity contribution >= 4 is 0 Å². The van der Waals surface area contributed by atoms with Gasteiger partial charge in [0.05, 0.1) is 12.2 Å². The minimum absolute atomic E-state index is 0.157. The maximum absolute atomic E-state index is 13.3. The Morgan fingerprint density at radius 1 is 1.13 bits per heavy atom. The van der Waals surface area contributed by atoms with Crippen molar-refractivity contribution < 1.29 is 22.7 Å². The van der Waals surface area contributed by atoms with Crippen LogP contribution >= 0.6 is 0 Å². The monoisotopic (exact) mass is 327 g/mol. The van der Waals surface area contributed by atoms with E-state index < -0.39 is 30.2 Å². The Hall–Kier alpha value is -1.92. The highest BCUT2D eigenvalue weighted by Crippen LogP contribution is 2.34. The van der Waals surface area contributed by atoms with Gasteiger partial charge < -0.3 is 10.4 Å². The predicted molar refractivity (Wildman–Crippen MR) is 79.0 cm³/mol. The lowest BCUT2D eigenvalue weighted by Gasteiger charge is -2.19. The predicted octanol–water partition coefficient (Wildman–Crippen LogP) is 4.19. The van der Waals surface area contributed by atoms with Crippen molar-refractivity contribution in [2.24, 2.45) is 0 Å². The van der Waals surface area contributed by atoms with E-state index in [-0.39, 0.29) is 17.7 Å². The first-order valence-electron chi connectivity index (χ1n) is 7.10. The summed E-state index contributed by atoms with van der Waals surface area (Å²) in [6, 6.07) is 9.12. The number of aliphatic hydroxyl groups excluding tert-OH is 1. The molecule has 0 aliphatic heterocycles. The fourth-order valence-corrected chi connectivity index (χ4v) is 2.37. The summed E-state index contributed by atoms with van der Waals surface area (Å²) in [6.45, 7) is 1.48. The van der Waals surface area contributed by atoms with E-state index in [9.17, 15) is 17.6 Å². The molecule has 124 valence electrons. The quantitative estimate of drug-likeness (QED) is 0.807. The highest BCUT2D eigenvalue weighted by atomic mass is 19.4. The SMILES string of the molecule is CC(NCc1ccc(F)c(CO)c1)c1ccccc1C(F)(F)F. The number of rotatable bonds is 5. The van der Waals surface area contributed by atoms with E-state index in [2.05, 4.69) is 5.32 Å². The Labute approximate surface area is 131 Å². The molecule has 0 aliphatic rings. The molecule has 0 amide bonds. The zero-order valence-electron chi connectivity index (χ0n) is 12.5. The highest BCUT2D eigenvalue weighted by molar-refractivity contribution is 5.32. The van der Waals surface area contributed by atoms with Crippen molar-refractivity contribution in [2.45, 2.75) is 32.3 Å². The van der Waals surface area contributed by atoms with Gasteiger partial charge in [-0.1, -0.05) is 24.3 Å². The summed E-state index contributed by atoms with van der Waals surface area (Å²) in [5.41, 5.74) is 0.332. The highest BCUT2D eigenvalue weighted by Gasteiger charge is 2.33. The molecule has 1 atom stereocenters. The number of hydrogen-bond acceptors (Lipinski definition) is 2. The molecule has 0 aromatic heterocycles. The lowest BCUT2D eigenvalue weighted by Crippen LogP contribution is -2.21. The third-order valence-electron chi connectivity index (χ3n) is 3.63. The zero-order valence-corrected chi connectivity index (χ0v) is 12.5. The Balaban J connectivity index is 2.13. The van der Waals surface area contributed by atoms with Crippen molar-refractivity contribution in [1.82, 2.24) is 5.32 Å². The van der Waals surface area contributed by atoms with Crippen molar-refractivity contribution in [1.29, 1.82) is 0 Å². The molecule has 2 nitrogen and oxygen atoms in total. The second-order valence-corrected chi connectivity index (χ2v) is 5.27. The van der Waals surface area contributed by atoms with Gasteiger partial charge in [-0.2, -0.15) is 13.2 Å². The molecule has 2 aromatic rings. The summed E-state index contributed by atoms with van der Waals surface area (Å²) in [6.07, 6.45) is -4.41. The summed E-state index contributed by atoms with van der Waals surface area (Å²) in [4.78, 5) is 0. The van der Waals surface area contributed by atoms with Crippen molar-refractivity contribution in [3.05, 3.63) is 70.5 Å². The van der Waals surface area contributed by atoms with E-state index in [1.165, 1.54) is 30.3 Å². The number of hydrogen-bond donors (Lipinski definition) is 2. The Morgan fingerprint density at radius 3 is 2.48 bits per heavy atom. The van der Waals surface area contributed by atoms with Gasteiger partial charge in [-0.25, -0.2) is 4.39 Å². The van der Waals surface area contributed by atoms with Gasteiger partial charge in [0.15, 0.2) is 0 Å². The fraction of sp³-hybridized carbons (Fsp3) is 0.294. The number of halogens is 4. The molecule has 0 saturated carbocycles. The molecule has 0 heterocycles. The normalized spacial score (nSPS) is 13.1. The third kappa shape index (κ3) is 4.30. The first-order valence-corrected chi connectivity index (χ1v) is 7.10. The van der Waals surface area contributed by atoms with Gasteiger partial charge in [-0.05, 0) is 36.2 Å². The van der Waals surface area contributed by atoms with E-state index in [1.54, 1.807) is 13.0 Å². The lowest BCUT2D eigenvalue weighted by molar-refractivity contribution is -0.138. The van der Waals surface area contributed by atoms with Crippen LogP contribution in [0.3, 0.4) is 0 Å². The van der Waals surface area contributed by atoms with Crippen LogP contribution in [0.25, 0.3) is 0 Å². The minimum Gasteiger partial charge on any atom is -0.392 e. The van der Waals surface area contributed by atoms with Crippen LogP contribution in [-0.2, 0) is 19.3 Å². The van der Waals surface area contributed by atoms with Crippen LogP contribution in [0, 0.1) is 5.82 Å². The largest absolute Gasteiger partial charge is 0.416 e. The summed E-state index contributed by atoms with van der Waals surface area (Å²) >= 11 is 0. The van der Waals surface area contributed by atoms with Gasteiger partial charge in [0.2, 0.25) is 0 Å². The minimum atomic E-state index is -4.41. The van der Waals surface area contributed by atoms with E-state index in [1.807, 2.05) is 0 Å². The average molecular weight is 327 g/mol. The van der Waals surface area contributed by atoms with Crippen LogP contribution in [0.4, 0.5) is 17.6 Å². The Morgan fingerprint density at radius 2 is 1.83 bits per heavy atom. The smallest absolute Gasteiger partial charge is 0.392 e. The molecule has 0 bridgehead atoms. The molecule has 2 aromatic carbocycles. The number of alkyl halides is 3. The second-order valence-electron chi connectivity index (χ2n) is 5.27. The van der Waals surface area contributed by atoms with E-state index in [0.717, 1.165) is 6.07 Å². The molecule has 1 unspecified atom stereocenters. The molecule has 0 radical (unpaired) electrons. The number of nitrogens with one attached hydrogen (secondary N) is 1. The molecule has 0 saturated heterocycles. The van der Waals surface area contributed by atoms with E-state index >= 15 is 0 Å². The van der Waals surface area contributed by atoms with Gasteiger partial charge >= 0.3 is 6.18 Å². The summed E-state index contributed by atoms with van der Waals surface area (Å²) in [7, 11) is 0. The van der Waals surface area contributed by atoms with Crippen LogP contribution in [0.5, 0.6) is 0 Å². The summed E-state index contributed by atoms with van der Waals surface area (Å²) < 4.78 is 52.4. The van der Waals surface area contributed by atoms with Gasteiger partial charge in [0.25, 0.3) is 0 Å². The van der Waals surface area contributed by atoms with Crippen LogP contribution in [0.2, 0.25) is 0 Å². The molecule has 6 heteroatoms. The van der Waals surface area contributed by atoms with Crippen LogP contribution < -0.4 is 5.32 Å². The standard InChI is InChI=1S/C17H17F4NO/c1-11(14-4-2-3-5-15(14)17(19,20)21)22-9-12-6-7-16(18)13(8-12)10-23/h2-8,11,22-23H,9-10H2,1H3. The number of aliphatic hydroxyl groups is 1. The second kappa shape index (κ2) is 7.10. The maximum Gasteiger partial charge on any atom is 0.416 e. The first-order chi connectivity index (χ1) is 10.8. The van der Waals surface area contributed by atoms with Crippen LogP contribution in [-0.4, -0.2) is 5.11 Å². The summed E-state index contributed by atoms with van der Waals surface area (Å²) in [5.74, 6) is -0.508. The zero-order chi connectivity index (χ0) is 17.0. The molecule has 0 aliphatic carbocycles. The average Bonchev–Trinajstić information content (AvgIpc) is 2.53. The van der Waals surface area contributed by atoms with Gasteiger partial charge in [-0.15, -0.1) is 0 Å². The molecular formula is C17H17F4NO. The molecule has 2 N–H and O–H groups in total. The summed E-state index contributed by atoms with van der Waals surface area (Å²) in [5, 5.41) is 12.0. The van der Waals surface area contributed by atoms with Crippen molar-refractivity contribution in [3.63, 3.8) is 0 Å². The molecule has 0 spiro atoms. The van der Waals surface area contributed by atoms with E-state index in [0.29, 0.717) is 5.56 Å². The molecule has 0 fully saturated rings. The first kappa shape index (κ1) is 17.4. The molecule has 23 heavy (non-hydrogen) atoms. The molecule has 2 rings (SSSR count). The fourth-order valence-electron chi connectivity index (χ4n) is 2.37. The third-order valence-corrected chi connectivity index (χ3v) is 3.63. The maximum atomic E-state index is 13.3. The Kier molecular flexibility index (Phi) is 5.38. The van der Waals surface area contributed by atoms with Gasteiger partial charge in [0, 0.05) is 18.2 Å². The van der Waals surface area contributed by atoms with Gasteiger partial charge in [-0.3, -0.25) is 0 Å². The van der Waals surface area contributed by atoms with Crippen molar-refractivity contribution in [3.8, 4) is 0 Å². The lowest BCUT2D eigenvalue weighted by atomic mass is 10.0. The van der Waals surface area contributed by atoms with Gasteiger partial charge in [0.1, 0.15) is 5.82 Å². The topological polar surface area (TPSA) is 32.3 Å². The van der Waals surface area contributed by atoms with Crippen LogP contribution in [0.15, 0.2) is 42.5 Å². The molecular weight excluding hydrogens is 310 g/mol. The Bertz CT molecular complexity index is 670. The number of benzene rings is 2.